The smallest absolute Gasteiger partial charge is 0.253 e. The number of carbonyl (C=O) groups excluding carboxylic acids is 3. The molecule has 3 rings (SSSR count). The first-order valence-corrected chi connectivity index (χ1v) is 11.0. The SMILES string of the molecule is Cc1ccc(C(=O)N2CCC([C@H](NC(=O)c3ccc(F)cc3)C(=O)NC(C)C)CC2)cc1. The molecule has 1 heterocycles. The monoisotopic (exact) mass is 439 g/mol. The van der Waals surface area contributed by atoms with Crippen molar-refractivity contribution in [2.24, 2.45) is 5.92 Å². The molecule has 2 aromatic carbocycles. The first-order valence-electron chi connectivity index (χ1n) is 11.0. The molecule has 1 aliphatic heterocycles. The molecule has 0 unspecified atom stereocenters. The van der Waals surface area contributed by atoms with Gasteiger partial charge in [-0.3, -0.25) is 14.4 Å². The fourth-order valence-corrected chi connectivity index (χ4v) is 3.91. The largest absolute Gasteiger partial charge is 0.352 e. The van der Waals surface area contributed by atoms with Gasteiger partial charge in [0.25, 0.3) is 11.8 Å². The number of aryl methyl sites for hydroxylation is 1. The van der Waals surface area contributed by atoms with Gasteiger partial charge < -0.3 is 15.5 Å². The van der Waals surface area contributed by atoms with Gasteiger partial charge in [-0.15, -0.1) is 0 Å². The molecule has 170 valence electrons. The molecule has 3 amide bonds. The van der Waals surface area contributed by atoms with Crippen molar-refractivity contribution in [2.75, 3.05) is 13.1 Å². The van der Waals surface area contributed by atoms with E-state index in [2.05, 4.69) is 10.6 Å². The molecule has 0 spiro atoms. The zero-order valence-corrected chi connectivity index (χ0v) is 18.7. The number of piperidine rings is 1. The summed E-state index contributed by atoms with van der Waals surface area (Å²) in [4.78, 5) is 40.2. The first kappa shape index (κ1) is 23.4. The van der Waals surface area contributed by atoms with Gasteiger partial charge in [0, 0.05) is 30.3 Å². The van der Waals surface area contributed by atoms with E-state index < -0.39 is 17.8 Å². The maximum Gasteiger partial charge on any atom is 0.253 e. The van der Waals surface area contributed by atoms with Crippen molar-refractivity contribution < 1.29 is 18.8 Å². The Labute approximate surface area is 188 Å². The molecule has 7 heteroatoms. The minimum absolute atomic E-state index is 0.0259. The number of amides is 3. The topological polar surface area (TPSA) is 78.5 Å². The number of rotatable bonds is 6. The minimum atomic E-state index is -0.730. The van der Waals surface area contributed by atoms with Crippen molar-refractivity contribution in [3.8, 4) is 0 Å². The number of hydrogen-bond acceptors (Lipinski definition) is 3. The summed E-state index contributed by atoms with van der Waals surface area (Å²) < 4.78 is 13.2. The van der Waals surface area contributed by atoms with E-state index in [1.165, 1.54) is 24.3 Å². The van der Waals surface area contributed by atoms with Crippen molar-refractivity contribution in [1.82, 2.24) is 15.5 Å². The van der Waals surface area contributed by atoms with Crippen LogP contribution in [0, 0.1) is 18.7 Å². The normalized spacial score (nSPS) is 15.3. The highest BCUT2D eigenvalue weighted by Crippen LogP contribution is 2.23. The fourth-order valence-electron chi connectivity index (χ4n) is 3.91. The van der Waals surface area contributed by atoms with Gasteiger partial charge in [0.1, 0.15) is 11.9 Å². The van der Waals surface area contributed by atoms with E-state index in [1.54, 1.807) is 4.90 Å². The lowest BCUT2D eigenvalue weighted by Crippen LogP contribution is -2.54. The summed E-state index contributed by atoms with van der Waals surface area (Å²) in [6, 6.07) is 11.9. The van der Waals surface area contributed by atoms with Gasteiger partial charge in [0.15, 0.2) is 0 Å². The van der Waals surface area contributed by atoms with E-state index in [0.717, 1.165) is 5.56 Å². The summed E-state index contributed by atoms with van der Waals surface area (Å²) in [6.45, 7) is 6.71. The second-order valence-electron chi connectivity index (χ2n) is 8.62. The Morgan fingerprint density at radius 1 is 0.906 bits per heavy atom. The highest BCUT2D eigenvalue weighted by molar-refractivity contribution is 5.97. The maximum absolute atomic E-state index is 13.2. The average molecular weight is 440 g/mol. The molecule has 0 radical (unpaired) electrons. The molecule has 1 atom stereocenters. The van der Waals surface area contributed by atoms with Gasteiger partial charge in [0.05, 0.1) is 0 Å². The molecule has 0 aliphatic carbocycles. The molecule has 2 aromatic rings. The number of nitrogens with zero attached hydrogens (tertiary/aromatic N) is 1. The van der Waals surface area contributed by atoms with Crippen LogP contribution in [0.3, 0.4) is 0 Å². The molecule has 0 bridgehead atoms. The second-order valence-corrected chi connectivity index (χ2v) is 8.62. The summed E-state index contributed by atoms with van der Waals surface area (Å²) in [7, 11) is 0. The lowest BCUT2D eigenvalue weighted by Gasteiger charge is -2.36. The van der Waals surface area contributed by atoms with E-state index in [9.17, 15) is 18.8 Å². The quantitative estimate of drug-likeness (QED) is 0.725. The molecular formula is C25H30FN3O3. The summed E-state index contributed by atoms with van der Waals surface area (Å²) in [5.74, 6) is -1.24. The summed E-state index contributed by atoms with van der Waals surface area (Å²) in [5.41, 5.74) is 2.03. The summed E-state index contributed by atoms with van der Waals surface area (Å²) in [6.07, 6.45) is 1.19. The molecule has 1 fully saturated rings. The predicted molar refractivity (Wildman–Crippen MR) is 121 cm³/mol. The van der Waals surface area contributed by atoms with E-state index >= 15 is 0 Å². The zero-order chi connectivity index (χ0) is 23.3. The molecule has 2 N–H and O–H groups in total. The Bertz CT molecular complexity index is 949. The van der Waals surface area contributed by atoms with E-state index in [1.807, 2.05) is 45.0 Å². The predicted octanol–water partition coefficient (Wildman–Crippen LogP) is 3.31. The standard InChI is InChI=1S/C25H30FN3O3/c1-16(2)27-24(31)22(28-23(30)19-8-10-21(26)11-9-19)18-12-14-29(15-13-18)25(32)20-6-4-17(3)5-7-20/h4-11,16,18,22H,12-15H2,1-3H3,(H,27,31)(H,28,30)/t22-/m0/s1. The summed E-state index contributed by atoms with van der Waals surface area (Å²) in [5, 5.41) is 5.71. The third kappa shape index (κ3) is 5.93. The lowest BCUT2D eigenvalue weighted by atomic mass is 9.88. The van der Waals surface area contributed by atoms with E-state index in [-0.39, 0.29) is 23.8 Å². The minimum Gasteiger partial charge on any atom is -0.352 e. The lowest BCUT2D eigenvalue weighted by molar-refractivity contribution is -0.125. The van der Waals surface area contributed by atoms with Crippen LogP contribution in [0.1, 0.15) is 53.0 Å². The Morgan fingerprint density at radius 3 is 2.03 bits per heavy atom. The van der Waals surface area contributed by atoms with Gasteiger partial charge in [-0.25, -0.2) is 4.39 Å². The summed E-state index contributed by atoms with van der Waals surface area (Å²) >= 11 is 0. The first-order chi connectivity index (χ1) is 15.2. The van der Waals surface area contributed by atoms with Crippen LogP contribution in [0.25, 0.3) is 0 Å². The van der Waals surface area contributed by atoms with Crippen LogP contribution in [-0.2, 0) is 4.79 Å². The van der Waals surface area contributed by atoms with Crippen molar-refractivity contribution in [2.45, 2.75) is 45.7 Å². The number of carbonyl (C=O) groups is 3. The van der Waals surface area contributed by atoms with Crippen LogP contribution in [-0.4, -0.2) is 47.8 Å². The van der Waals surface area contributed by atoms with Gasteiger partial charge in [-0.1, -0.05) is 17.7 Å². The fraction of sp³-hybridized carbons (Fsp3) is 0.400. The zero-order valence-electron chi connectivity index (χ0n) is 18.7. The average Bonchev–Trinajstić information content (AvgIpc) is 2.77. The molecular weight excluding hydrogens is 409 g/mol. The van der Waals surface area contributed by atoms with Gasteiger partial charge in [0.2, 0.25) is 5.91 Å². The van der Waals surface area contributed by atoms with Crippen LogP contribution in [0.4, 0.5) is 4.39 Å². The Morgan fingerprint density at radius 2 is 1.47 bits per heavy atom. The van der Waals surface area contributed by atoms with Crippen molar-refractivity contribution >= 4 is 17.7 Å². The maximum atomic E-state index is 13.2. The highest BCUT2D eigenvalue weighted by Gasteiger charge is 2.34. The van der Waals surface area contributed by atoms with Crippen molar-refractivity contribution in [1.29, 1.82) is 0 Å². The Hall–Kier alpha value is -3.22. The van der Waals surface area contributed by atoms with Crippen LogP contribution in [0.2, 0.25) is 0 Å². The molecule has 6 nitrogen and oxygen atoms in total. The third-order valence-corrected chi connectivity index (χ3v) is 5.70. The van der Waals surface area contributed by atoms with Gasteiger partial charge in [-0.05, 0) is 75.9 Å². The molecule has 1 saturated heterocycles. The van der Waals surface area contributed by atoms with E-state index in [4.69, 9.17) is 0 Å². The van der Waals surface area contributed by atoms with Crippen LogP contribution >= 0.6 is 0 Å². The number of benzene rings is 2. The Kier molecular flexibility index (Phi) is 7.62. The van der Waals surface area contributed by atoms with Gasteiger partial charge >= 0.3 is 0 Å². The van der Waals surface area contributed by atoms with Crippen LogP contribution in [0.15, 0.2) is 48.5 Å². The van der Waals surface area contributed by atoms with Gasteiger partial charge in [-0.2, -0.15) is 0 Å². The molecule has 1 aliphatic rings. The Balaban J connectivity index is 1.68. The number of hydrogen-bond donors (Lipinski definition) is 2. The number of halogens is 1. The number of nitrogens with one attached hydrogen (secondary N) is 2. The van der Waals surface area contributed by atoms with Crippen LogP contribution in [0.5, 0.6) is 0 Å². The van der Waals surface area contributed by atoms with Crippen molar-refractivity contribution in [3.05, 3.63) is 71.0 Å². The second kappa shape index (κ2) is 10.4. The number of likely N-dealkylation sites (tertiary alicyclic amines) is 1. The molecule has 0 aromatic heterocycles. The third-order valence-electron chi connectivity index (χ3n) is 5.70. The highest BCUT2D eigenvalue weighted by atomic mass is 19.1. The van der Waals surface area contributed by atoms with E-state index in [0.29, 0.717) is 37.1 Å². The van der Waals surface area contributed by atoms with Crippen molar-refractivity contribution in [3.63, 3.8) is 0 Å². The van der Waals surface area contributed by atoms with Crippen LogP contribution < -0.4 is 10.6 Å². The molecule has 0 saturated carbocycles. The molecule has 32 heavy (non-hydrogen) atoms.